The van der Waals surface area contributed by atoms with Gasteiger partial charge in [0.1, 0.15) is 35.1 Å². The lowest BCUT2D eigenvalue weighted by Gasteiger charge is -2.37. The average Bonchev–Trinajstić information content (AvgIpc) is 4.03. The second-order valence-electron chi connectivity index (χ2n) is 15.5. The van der Waals surface area contributed by atoms with Crippen LogP contribution in [-0.4, -0.2) is 108 Å². The number of methoxy groups -OCH3 is 2. The fourth-order valence-corrected chi connectivity index (χ4v) is 7.93. The number of aliphatic imine (C=N–C) groups is 1. The number of aromatic amines is 1. The third kappa shape index (κ3) is 7.92. The maximum absolute atomic E-state index is 13.9. The Morgan fingerprint density at radius 3 is 2.19 bits per heavy atom. The molecule has 16 heteroatoms. The van der Waals surface area contributed by atoms with Gasteiger partial charge in [-0.3, -0.25) is 19.4 Å². The first kappa shape index (κ1) is 40.2. The number of H-pyrrole nitrogens is 1. The molecule has 2 aromatic heterocycles. The van der Waals surface area contributed by atoms with Crippen molar-refractivity contribution in [2.45, 2.75) is 71.1 Å². The summed E-state index contributed by atoms with van der Waals surface area (Å²) in [4.78, 5) is 81.4. The summed E-state index contributed by atoms with van der Waals surface area (Å²) >= 11 is 0. The number of alkyl carbamates (subject to hydrolysis) is 2. The first-order valence-corrected chi connectivity index (χ1v) is 19.6. The van der Waals surface area contributed by atoms with Crippen LogP contribution in [0.5, 0.6) is 0 Å². The second kappa shape index (κ2) is 16.8. The molecule has 3 aliphatic heterocycles. The van der Waals surface area contributed by atoms with Crippen LogP contribution in [0.2, 0.25) is 0 Å². The minimum absolute atomic E-state index is 0.130. The zero-order valence-electron chi connectivity index (χ0n) is 33.5. The third-order valence-electron chi connectivity index (χ3n) is 11.1. The molecule has 0 unspecified atom stereocenters. The number of allylic oxidation sites excluding steroid dienone is 1. The molecule has 58 heavy (non-hydrogen) atoms. The molecule has 4 aromatic rings. The van der Waals surface area contributed by atoms with Gasteiger partial charge >= 0.3 is 12.2 Å². The lowest BCUT2D eigenvalue weighted by Crippen LogP contribution is -2.54. The van der Waals surface area contributed by atoms with Crippen molar-refractivity contribution in [1.29, 1.82) is 0 Å². The average molecular weight is 796 g/mol. The number of carbonyl (C=O) groups is 4. The van der Waals surface area contributed by atoms with Crippen molar-refractivity contribution in [3.8, 4) is 11.3 Å². The number of fused-ring (bicyclic) bond motifs is 2. The van der Waals surface area contributed by atoms with E-state index in [4.69, 9.17) is 23.6 Å². The first-order valence-electron chi connectivity index (χ1n) is 19.6. The standard InChI is InChI=1S/C42H49N7O9/c1-22(2)35(46-41(53)55-5)39(51)48-13-7-8-31(48)29-17-26(19-43-29)24-9-11-27-34(18-24)58-33-12-10-25(16-28(33)37(27)50)30-20-44-38(45-30)32-21-57-15-14-49(32)40(52)36(23(3)4)47-42(54)56-6/h9-12,16,18-20,22-23,31-32,35-36H,7-8,13-15,17,21H2,1-6H3,(H,44,45)(H,46,53)(H,47,54)/t31-,32-,35-,36-/m0/s1. The van der Waals surface area contributed by atoms with E-state index in [1.165, 1.54) is 14.2 Å². The molecule has 0 aliphatic carbocycles. The summed E-state index contributed by atoms with van der Waals surface area (Å²) in [5.41, 5.74) is 4.71. The number of nitrogens with one attached hydrogen (secondary N) is 3. The number of hydrogen-bond acceptors (Lipinski definition) is 11. The number of ether oxygens (including phenoxy) is 3. The van der Waals surface area contributed by atoms with Gasteiger partial charge in [0.25, 0.3) is 0 Å². The highest BCUT2D eigenvalue weighted by Crippen LogP contribution is 2.33. The summed E-state index contributed by atoms with van der Waals surface area (Å²) < 4.78 is 21.6. The van der Waals surface area contributed by atoms with Crippen LogP contribution in [0.25, 0.3) is 38.8 Å². The Morgan fingerprint density at radius 2 is 1.52 bits per heavy atom. The molecule has 7 rings (SSSR count). The summed E-state index contributed by atoms with van der Waals surface area (Å²) in [7, 11) is 2.53. The van der Waals surface area contributed by atoms with E-state index in [2.05, 4.69) is 20.6 Å². The summed E-state index contributed by atoms with van der Waals surface area (Å²) in [6.07, 6.45) is 4.28. The molecule has 2 fully saturated rings. The fourth-order valence-electron chi connectivity index (χ4n) is 7.93. The molecule has 4 atom stereocenters. The molecule has 0 radical (unpaired) electrons. The number of likely N-dealkylation sites (tertiary alicyclic amines) is 1. The molecule has 4 amide bonds. The fraction of sp³-hybridized carbons (Fsp3) is 0.452. The summed E-state index contributed by atoms with van der Waals surface area (Å²) in [6, 6.07) is 8.64. The second-order valence-corrected chi connectivity index (χ2v) is 15.5. The molecule has 2 aromatic carbocycles. The minimum atomic E-state index is -0.796. The topological polar surface area (TPSA) is 198 Å². The number of nitrogens with zero attached hydrogens (tertiary/aromatic N) is 4. The van der Waals surface area contributed by atoms with Gasteiger partial charge in [0.15, 0.2) is 0 Å². The molecule has 3 aliphatic rings. The Kier molecular flexibility index (Phi) is 11.7. The Balaban J connectivity index is 1.08. The Morgan fingerprint density at radius 1 is 0.845 bits per heavy atom. The van der Waals surface area contributed by atoms with E-state index in [1.807, 2.05) is 57.0 Å². The van der Waals surface area contributed by atoms with Crippen LogP contribution in [0, 0.1) is 11.8 Å². The van der Waals surface area contributed by atoms with Crippen molar-refractivity contribution in [1.82, 2.24) is 30.4 Å². The number of hydrogen-bond donors (Lipinski definition) is 3. The van der Waals surface area contributed by atoms with Crippen molar-refractivity contribution >= 4 is 57.2 Å². The first-order chi connectivity index (χ1) is 27.9. The van der Waals surface area contributed by atoms with Crippen molar-refractivity contribution in [3.63, 3.8) is 0 Å². The highest BCUT2D eigenvalue weighted by Gasteiger charge is 2.39. The van der Waals surface area contributed by atoms with Crippen LogP contribution in [0.3, 0.4) is 0 Å². The number of aromatic nitrogens is 2. The van der Waals surface area contributed by atoms with Gasteiger partial charge in [-0.1, -0.05) is 33.8 Å². The predicted molar refractivity (Wildman–Crippen MR) is 216 cm³/mol. The molecular formula is C42H49N7O9. The van der Waals surface area contributed by atoms with Crippen LogP contribution in [0.1, 0.15) is 64.4 Å². The highest BCUT2D eigenvalue weighted by atomic mass is 16.5. The molecule has 5 heterocycles. The largest absolute Gasteiger partial charge is 0.456 e. The molecular weight excluding hydrogens is 747 g/mol. The van der Waals surface area contributed by atoms with E-state index >= 15 is 0 Å². The van der Waals surface area contributed by atoms with Gasteiger partial charge in [0.05, 0.1) is 56.1 Å². The normalized spacial score (nSPS) is 19.3. The van der Waals surface area contributed by atoms with Gasteiger partial charge < -0.3 is 44.0 Å². The number of imidazole rings is 1. The number of rotatable bonds is 10. The van der Waals surface area contributed by atoms with Crippen LogP contribution in [0.15, 0.2) is 63.0 Å². The van der Waals surface area contributed by atoms with Crippen molar-refractivity contribution in [3.05, 3.63) is 70.4 Å². The third-order valence-corrected chi connectivity index (χ3v) is 11.1. The van der Waals surface area contributed by atoms with E-state index in [1.54, 1.807) is 29.3 Å². The predicted octanol–water partition coefficient (Wildman–Crippen LogP) is 5.17. The van der Waals surface area contributed by atoms with Crippen LogP contribution >= 0.6 is 0 Å². The monoisotopic (exact) mass is 795 g/mol. The van der Waals surface area contributed by atoms with Crippen LogP contribution in [-0.2, 0) is 23.8 Å². The molecule has 0 saturated carbocycles. The number of morpholine rings is 1. The van der Waals surface area contributed by atoms with Crippen LogP contribution < -0.4 is 16.1 Å². The van der Waals surface area contributed by atoms with Crippen molar-refractivity contribution in [2.75, 3.05) is 40.5 Å². The maximum Gasteiger partial charge on any atom is 0.407 e. The Hall–Kier alpha value is -6.03. The molecule has 0 bridgehead atoms. The number of amides is 4. The summed E-state index contributed by atoms with van der Waals surface area (Å²) in [5.74, 6) is -0.225. The van der Waals surface area contributed by atoms with Gasteiger partial charge in [-0.25, -0.2) is 14.6 Å². The van der Waals surface area contributed by atoms with E-state index in [0.29, 0.717) is 65.1 Å². The zero-order valence-corrected chi connectivity index (χ0v) is 33.5. The quantitative estimate of drug-likeness (QED) is 0.180. The van der Waals surface area contributed by atoms with Crippen molar-refractivity contribution < 1.29 is 37.8 Å². The van der Waals surface area contributed by atoms with E-state index in [9.17, 15) is 24.0 Å². The summed E-state index contributed by atoms with van der Waals surface area (Å²) in [5, 5.41) is 6.17. The lowest BCUT2D eigenvalue weighted by atomic mass is 9.96. The van der Waals surface area contributed by atoms with Gasteiger partial charge in [-0.05, 0) is 66.1 Å². The minimum Gasteiger partial charge on any atom is -0.456 e. The number of benzene rings is 2. The Labute approximate surface area is 335 Å². The van der Waals surface area contributed by atoms with Crippen molar-refractivity contribution in [2.24, 2.45) is 16.8 Å². The van der Waals surface area contributed by atoms with E-state index in [-0.39, 0.29) is 41.7 Å². The molecule has 2 saturated heterocycles. The SMILES string of the molecule is COC(=O)N[C@H](C(=O)N1CCC[C@H]1C1=NC=C(c2ccc3c(=O)c4cc(-c5cnc([C@@H]6COCCN6C(=O)[C@@H](NC(=O)OC)C(C)C)[nH]5)ccc4oc3c2)C1)C(C)C. The summed E-state index contributed by atoms with van der Waals surface area (Å²) in [6.45, 7) is 8.93. The van der Waals surface area contributed by atoms with Crippen LogP contribution in [0.4, 0.5) is 9.59 Å². The Bertz CT molecular complexity index is 2360. The highest BCUT2D eigenvalue weighted by molar-refractivity contribution is 6.04. The molecule has 16 nitrogen and oxygen atoms in total. The molecule has 0 spiro atoms. The zero-order chi connectivity index (χ0) is 41.2. The lowest BCUT2D eigenvalue weighted by molar-refractivity contribution is -0.143. The number of carbonyl (C=O) groups excluding carboxylic acids is 4. The van der Waals surface area contributed by atoms with Gasteiger partial charge in [0, 0.05) is 37.0 Å². The van der Waals surface area contributed by atoms with Gasteiger partial charge in [-0.2, -0.15) is 0 Å². The molecule has 3 N–H and O–H groups in total. The molecule has 306 valence electrons. The maximum atomic E-state index is 13.9. The van der Waals surface area contributed by atoms with Gasteiger partial charge in [0.2, 0.25) is 17.2 Å². The van der Waals surface area contributed by atoms with E-state index in [0.717, 1.165) is 29.7 Å². The van der Waals surface area contributed by atoms with E-state index < -0.39 is 30.3 Å². The smallest absolute Gasteiger partial charge is 0.407 e. The van der Waals surface area contributed by atoms with Gasteiger partial charge in [-0.15, -0.1) is 0 Å².